The summed E-state index contributed by atoms with van der Waals surface area (Å²) in [5.41, 5.74) is 0. The number of nitrogens with one attached hydrogen (secondary N) is 1. The van der Waals surface area contributed by atoms with Gasteiger partial charge in [-0.15, -0.1) is 0 Å². The summed E-state index contributed by atoms with van der Waals surface area (Å²) in [5, 5.41) is 11.7. The molecule has 4 saturated carbocycles. The highest BCUT2D eigenvalue weighted by Gasteiger charge is 2.66. The number of hydrogen-bond acceptors (Lipinski definition) is 2. The summed E-state index contributed by atoms with van der Waals surface area (Å²) < 4.78 is 0. The fourth-order valence-corrected chi connectivity index (χ4v) is 6.91. The molecular weight excluding hydrogens is 278 g/mol. The van der Waals surface area contributed by atoms with Crippen molar-refractivity contribution < 1.29 is 14.7 Å². The van der Waals surface area contributed by atoms with Crippen molar-refractivity contribution in [1.82, 2.24) is 5.32 Å². The van der Waals surface area contributed by atoms with Crippen molar-refractivity contribution in [2.75, 3.05) is 0 Å². The van der Waals surface area contributed by atoms with Crippen molar-refractivity contribution in [3.63, 3.8) is 0 Å². The van der Waals surface area contributed by atoms with Crippen LogP contribution in [0.5, 0.6) is 0 Å². The standard InChI is InChI=1S/C18H27NO3/c1-7-8(2)12-6-11(7)15-10-4-13(16(12)15)14(5-10)17(20)19-9(3)18(21)22/h7-16H,4-6H2,1-3H3,(H,19,20)(H,21,22). The average molecular weight is 305 g/mol. The Balaban J connectivity index is 1.50. The summed E-state index contributed by atoms with van der Waals surface area (Å²) in [6.45, 7) is 6.38. The molecule has 0 aliphatic heterocycles. The van der Waals surface area contributed by atoms with Crippen LogP contribution in [0.1, 0.15) is 40.0 Å². The highest BCUT2D eigenvalue weighted by molar-refractivity contribution is 5.85. The predicted molar refractivity (Wildman–Crippen MR) is 81.8 cm³/mol. The molecule has 0 aromatic carbocycles. The van der Waals surface area contributed by atoms with Gasteiger partial charge in [-0.05, 0) is 73.5 Å². The maximum Gasteiger partial charge on any atom is 0.325 e. The van der Waals surface area contributed by atoms with Gasteiger partial charge >= 0.3 is 5.97 Å². The normalized spacial score (nSPS) is 52.6. The van der Waals surface area contributed by atoms with Gasteiger partial charge in [0.2, 0.25) is 5.91 Å². The molecule has 4 bridgehead atoms. The Hall–Kier alpha value is -1.06. The molecule has 0 spiro atoms. The Morgan fingerprint density at radius 3 is 2.27 bits per heavy atom. The first-order valence-electron chi connectivity index (χ1n) is 8.93. The van der Waals surface area contributed by atoms with Crippen molar-refractivity contribution in [1.29, 1.82) is 0 Å². The van der Waals surface area contributed by atoms with E-state index in [1.807, 2.05) is 0 Å². The number of amides is 1. The highest BCUT2D eigenvalue weighted by atomic mass is 16.4. The van der Waals surface area contributed by atoms with Crippen LogP contribution in [0, 0.1) is 53.3 Å². The van der Waals surface area contributed by atoms with Gasteiger partial charge in [-0.25, -0.2) is 0 Å². The van der Waals surface area contributed by atoms with Crippen LogP contribution in [0.4, 0.5) is 0 Å². The molecule has 4 rings (SSSR count). The van der Waals surface area contributed by atoms with E-state index in [1.54, 1.807) is 6.92 Å². The molecule has 4 fully saturated rings. The monoisotopic (exact) mass is 305 g/mol. The number of carbonyl (C=O) groups excluding carboxylic acids is 1. The van der Waals surface area contributed by atoms with Crippen LogP contribution in [0.2, 0.25) is 0 Å². The Kier molecular flexibility index (Phi) is 3.11. The zero-order valence-electron chi connectivity index (χ0n) is 13.7. The molecule has 10 atom stereocenters. The molecule has 0 saturated heterocycles. The van der Waals surface area contributed by atoms with Crippen molar-refractivity contribution in [3.8, 4) is 0 Å². The molecule has 0 aromatic heterocycles. The molecule has 10 unspecified atom stereocenters. The largest absolute Gasteiger partial charge is 0.480 e. The smallest absolute Gasteiger partial charge is 0.325 e. The summed E-state index contributed by atoms with van der Waals surface area (Å²) in [6, 6.07) is -0.776. The molecule has 4 aliphatic carbocycles. The molecule has 0 radical (unpaired) electrons. The zero-order chi connectivity index (χ0) is 15.8. The lowest BCUT2D eigenvalue weighted by Gasteiger charge is -2.43. The second kappa shape index (κ2) is 4.72. The van der Waals surface area contributed by atoms with Crippen molar-refractivity contribution in [2.24, 2.45) is 53.3 Å². The minimum absolute atomic E-state index is 0.00988. The molecular formula is C18H27NO3. The number of carboxylic acids is 1. The number of aliphatic carboxylic acids is 1. The first kappa shape index (κ1) is 14.5. The van der Waals surface area contributed by atoms with Gasteiger partial charge < -0.3 is 10.4 Å². The second-order valence-electron chi connectivity index (χ2n) is 8.51. The highest BCUT2D eigenvalue weighted by Crippen LogP contribution is 2.71. The van der Waals surface area contributed by atoms with E-state index in [-0.39, 0.29) is 11.8 Å². The SMILES string of the molecule is CC(NC(=O)C1CC2CC1C1C3CC(C(C)C3C)C21)C(=O)O. The second-order valence-corrected chi connectivity index (χ2v) is 8.51. The Morgan fingerprint density at radius 1 is 1.00 bits per heavy atom. The Morgan fingerprint density at radius 2 is 1.64 bits per heavy atom. The summed E-state index contributed by atoms with van der Waals surface area (Å²) in [6.07, 6.45) is 3.58. The first-order chi connectivity index (χ1) is 10.4. The van der Waals surface area contributed by atoms with Crippen LogP contribution < -0.4 is 5.32 Å². The van der Waals surface area contributed by atoms with Crippen LogP contribution in [-0.2, 0) is 9.59 Å². The van der Waals surface area contributed by atoms with E-state index in [9.17, 15) is 9.59 Å². The number of carbonyl (C=O) groups is 2. The molecule has 22 heavy (non-hydrogen) atoms. The molecule has 0 heterocycles. The number of hydrogen-bond donors (Lipinski definition) is 2. The fraction of sp³-hybridized carbons (Fsp3) is 0.889. The van der Waals surface area contributed by atoms with E-state index in [2.05, 4.69) is 19.2 Å². The van der Waals surface area contributed by atoms with Crippen molar-refractivity contribution in [2.45, 2.75) is 46.1 Å². The van der Waals surface area contributed by atoms with Gasteiger partial charge in [-0.3, -0.25) is 9.59 Å². The Bertz CT molecular complexity index is 518. The van der Waals surface area contributed by atoms with Crippen LogP contribution in [0.3, 0.4) is 0 Å². The zero-order valence-corrected chi connectivity index (χ0v) is 13.7. The molecule has 0 aromatic rings. The van der Waals surface area contributed by atoms with E-state index in [1.165, 1.54) is 12.8 Å². The minimum Gasteiger partial charge on any atom is -0.480 e. The average Bonchev–Trinajstić information content (AvgIpc) is 3.18. The van der Waals surface area contributed by atoms with E-state index < -0.39 is 12.0 Å². The van der Waals surface area contributed by atoms with Gasteiger partial charge in [0.15, 0.2) is 0 Å². The van der Waals surface area contributed by atoms with Gasteiger partial charge in [-0.1, -0.05) is 13.8 Å². The lowest BCUT2D eigenvalue weighted by Crippen LogP contribution is -2.46. The fourth-order valence-electron chi connectivity index (χ4n) is 6.91. The van der Waals surface area contributed by atoms with Gasteiger partial charge in [0.05, 0.1) is 0 Å². The van der Waals surface area contributed by atoms with E-state index in [0.717, 1.165) is 47.8 Å². The maximum atomic E-state index is 12.5. The molecule has 1 amide bonds. The summed E-state index contributed by atoms with van der Waals surface area (Å²) in [7, 11) is 0. The van der Waals surface area contributed by atoms with Gasteiger partial charge in [0.1, 0.15) is 6.04 Å². The quantitative estimate of drug-likeness (QED) is 0.787. The Labute approximate surface area is 132 Å². The van der Waals surface area contributed by atoms with Crippen LogP contribution >= 0.6 is 0 Å². The van der Waals surface area contributed by atoms with Crippen LogP contribution in [0.25, 0.3) is 0 Å². The summed E-state index contributed by atoms with van der Waals surface area (Å²) in [5.74, 6) is 5.30. The van der Waals surface area contributed by atoms with Crippen molar-refractivity contribution in [3.05, 3.63) is 0 Å². The summed E-state index contributed by atoms with van der Waals surface area (Å²) in [4.78, 5) is 23.5. The third kappa shape index (κ3) is 1.75. The van der Waals surface area contributed by atoms with Crippen molar-refractivity contribution >= 4 is 11.9 Å². The topological polar surface area (TPSA) is 66.4 Å². The van der Waals surface area contributed by atoms with Crippen LogP contribution in [-0.4, -0.2) is 23.0 Å². The lowest BCUT2D eigenvalue weighted by molar-refractivity contribution is -0.142. The van der Waals surface area contributed by atoms with Gasteiger partial charge in [0.25, 0.3) is 0 Å². The van der Waals surface area contributed by atoms with Gasteiger partial charge in [0, 0.05) is 5.92 Å². The third-order valence-corrected chi connectivity index (χ3v) is 7.91. The van der Waals surface area contributed by atoms with Gasteiger partial charge in [-0.2, -0.15) is 0 Å². The number of fused-ring (bicyclic) bond motifs is 9. The molecule has 4 heteroatoms. The molecule has 122 valence electrons. The maximum absolute atomic E-state index is 12.5. The minimum atomic E-state index is -0.947. The summed E-state index contributed by atoms with van der Waals surface area (Å²) >= 11 is 0. The first-order valence-corrected chi connectivity index (χ1v) is 8.93. The van der Waals surface area contributed by atoms with E-state index >= 15 is 0 Å². The number of carboxylic acid groups (broad SMARTS) is 1. The molecule has 4 nitrogen and oxygen atoms in total. The molecule has 4 aliphatic rings. The van der Waals surface area contributed by atoms with E-state index in [4.69, 9.17) is 5.11 Å². The lowest BCUT2D eigenvalue weighted by atomic mass is 9.62. The number of rotatable bonds is 3. The molecule has 2 N–H and O–H groups in total. The van der Waals surface area contributed by atoms with E-state index in [0.29, 0.717) is 5.92 Å². The predicted octanol–water partition coefficient (Wildman–Crippen LogP) is 2.39. The van der Waals surface area contributed by atoms with Crippen LogP contribution in [0.15, 0.2) is 0 Å². The third-order valence-electron chi connectivity index (χ3n) is 7.91.